The van der Waals surface area contributed by atoms with Crippen molar-refractivity contribution in [3.05, 3.63) is 23.0 Å². The molecule has 0 aromatic carbocycles. The highest BCUT2D eigenvalue weighted by Crippen LogP contribution is 2.41. The second kappa shape index (κ2) is 14.3. The summed E-state index contributed by atoms with van der Waals surface area (Å²) in [6, 6.07) is 2.50. The van der Waals surface area contributed by atoms with E-state index in [0.717, 1.165) is 69.9 Å². The van der Waals surface area contributed by atoms with Crippen molar-refractivity contribution in [1.29, 1.82) is 0 Å². The largest absolute Gasteiger partial charge is 0.393 e. The van der Waals surface area contributed by atoms with Crippen LogP contribution in [0.1, 0.15) is 120 Å². The molecule has 1 amide bonds. The lowest BCUT2D eigenvalue weighted by molar-refractivity contribution is -0.136. The summed E-state index contributed by atoms with van der Waals surface area (Å²) in [5.41, 5.74) is 7.17. The molecule has 10 heteroatoms. The zero-order valence-electron chi connectivity index (χ0n) is 25.4. The maximum absolute atomic E-state index is 13.2. The van der Waals surface area contributed by atoms with Gasteiger partial charge < -0.3 is 10.0 Å². The molecule has 4 rings (SSSR count). The minimum Gasteiger partial charge on any atom is -0.393 e. The summed E-state index contributed by atoms with van der Waals surface area (Å²) in [4.78, 5) is 24.0. The summed E-state index contributed by atoms with van der Waals surface area (Å²) in [6.45, 7) is 10.9. The topological polar surface area (TPSA) is 116 Å². The van der Waals surface area contributed by atoms with Crippen LogP contribution in [-0.4, -0.2) is 78.4 Å². The maximum atomic E-state index is 13.2. The lowest BCUT2D eigenvalue weighted by Gasteiger charge is -2.34. The molecular weight excluding hydrogens is 538 g/mol. The Balaban J connectivity index is 1.49. The van der Waals surface area contributed by atoms with Gasteiger partial charge in [-0.15, -0.1) is 0 Å². The van der Waals surface area contributed by atoms with E-state index >= 15 is 0 Å². The number of hydrogen-bond acceptors (Lipinski definition) is 5. The Labute approximate surface area is 246 Å². The molecule has 1 saturated heterocycles. The molecule has 3 fully saturated rings. The van der Waals surface area contributed by atoms with Crippen molar-refractivity contribution in [3.8, 4) is 0 Å². The summed E-state index contributed by atoms with van der Waals surface area (Å²) in [7, 11) is -3.00. The molecule has 0 spiro atoms. The molecule has 9 nitrogen and oxygen atoms in total. The number of sulfone groups is 1. The molecule has 2 saturated carbocycles. The molecule has 230 valence electrons. The minimum absolute atomic E-state index is 0.0234. The molecule has 0 bridgehead atoms. The van der Waals surface area contributed by atoms with Crippen LogP contribution in [0.2, 0.25) is 0 Å². The van der Waals surface area contributed by atoms with Gasteiger partial charge in [0, 0.05) is 36.3 Å². The second-order valence-electron chi connectivity index (χ2n) is 12.5. The maximum Gasteiger partial charge on any atom is 0.237 e. The van der Waals surface area contributed by atoms with E-state index in [4.69, 9.17) is 4.99 Å². The van der Waals surface area contributed by atoms with Gasteiger partial charge in [0.05, 0.1) is 23.7 Å². The van der Waals surface area contributed by atoms with Gasteiger partial charge in [0.2, 0.25) is 11.9 Å². The predicted octanol–water partition coefficient (Wildman–Crippen LogP) is 4.91. The Kier molecular flexibility index (Phi) is 11.1. The smallest absolute Gasteiger partial charge is 0.237 e. The van der Waals surface area contributed by atoms with E-state index < -0.39 is 9.84 Å². The van der Waals surface area contributed by atoms with Crippen LogP contribution in [0.3, 0.4) is 0 Å². The zero-order chi connectivity index (χ0) is 29.6. The van der Waals surface area contributed by atoms with Gasteiger partial charge in [-0.25, -0.2) is 18.4 Å². The first-order valence-corrected chi connectivity index (χ1v) is 17.6. The standard InChI is InChI=1S/C31H51N5O4S/c1-5-6-7-8-22(2)33-31(32-4)34-36-23(3)28(21-29(36)25-13-15-27(37)16-14-25)24-9-11-26(12-10-24)30(38)35-17-19-41(39,40)20-18-35/h21-22,24-27,37H,4-20H2,1-3H3,(H,33,34)/t22-,24?,25?,26?,27?/m0/s1. The van der Waals surface area contributed by atoms with Crippen LogP contribution in [0.5, 0.6) is 0 Å². The molecule has 1 aromatic heterocycles. The molecule has 2 heterocycles. The van der Waals surface area contributed by atoms with Gasteiger partial charge in [-0.05, 0) is 95.9 Å². The number of nitrogens with zero attached hydrogens (tertiary/aromatic N) is 4. The second-order valence-corrected chi connectivity index (χ2v) is 14.8. The third kappa shape index (κ3) is 8.21. The number of hydrogen-bond donors (Lipinski definition) is 2. The summed E-state index contributed by atoms with van der Waals surface area (Å²) in [5.74, 6) is 1.51. The van der Waals surface area contributed by atoms with Gasteiger partial charge in [0.1, 0.15) is 0 Å². The fourth-order valence-electron chi connectivity index (χ4n) is 6.90. The number of nitrogens with one attached hydrogen (secondary N) is 1. The van der Waals surface area contributed by atoms with E-state index in [1.54, 1.807) is 4.90 Å². The van der Waals surface area contributed by atoms with Crippen molar-refractivity contribution in [2.45, 2.75) is 122 Å². The molecular formula is C31H51N5O4S. The van der Waals surface area contributed by atoms with Crippen molar-refractivity contribution < 1.29 is 18.3 Å². The number of unbranched alkanes of at least 4 members (excludes halogenated alkanes) is 2. The average molecular weight is 590 g/mol. The summed E-state index contributed by atoms with van der Waals surface area (Å²) in [6.07, 6.45) is 11.4. The molecule has 2 aliphatic carbocycles. The Hall–Kier alpha value is -2.20. The zero-order valence-corrected chi connectivity index (χ0v) is 26.2. The van der Waals surface area contributed by atoms with E-state index in [-0.39, 0.29) is 35.5 Å². The van der Waals surface area contributed by atoms with Crippen molar-refractivity contribution >= 4 is 28.4 Å². The summed E-state index contributed by atoms with van der Waals surface area (Å²) < 4.78 is 25.8. The first-order valence-electron chi connectivity index (χ1n) is 15.8. The first-order chi connectivity index (χ1) is 19.6. The lowest BCUT2D eigenvalue weighted by atomic mass is 9.77. The van der Waals surface area contributed by atoms with E-state index in [2.05, 4.69) is 48.6 Å². The summed E-state index contributed by atoms with van der Waals surface area (Å²) >= 11 is 0. The van der Waals surface area contributed by atoms with E-state index in [0.29, 0.717) is 30.9 Å². The monoisotopic (exact) mass is 589 g/mol. The molecule has 3 aliphatic rings. The number of aromatic nitrogens is 1. The molecule has 2 N–H and O–H groups in total. The van der Waals surface area contributed by atoms with Crippen LogP contribution >= 0.6 is 0 Å². The van der Waals surface area contributed by atoms with Crippen LogP contribution in [0.25, 0.3) is 0 Å². The highest BCUT2D eigenvalue weighted by atomic mass is 32.2. The fourth-order valence-corrected chi connectivity index (χ4v) is 8.10. The Morgan fingerprint density at radius 1 is 1.07 bits per heavy atom. The van der Waals surface area contributed by atoms with Crippen LogP contribution in [0, 0.1) is 12.8 Å². The van der Waals surface area contributed by atoms with Gasteiger partial charge in [-0.1, -0.05) is 26.2 Å². The quantitative estimate of drug-likeness (QED) is 0.241. The Morgan fingerprint density at radius 2 is 1.71 bits per heavy atom. The van der Waals surface area contributed by atoms with Gasteiger partial charge in [0.25, 0.3) is 0 Å². The van der Waals surface area contributed by atoms with Gasteiger partial charge in [-0.3, -0.25) is 14.9 Å². The van der Waals surface area contributed by atoms with Gasteiger partial charge in [0.15, 0.2) is 9.84 Å². The number of rotatable bonds is 9. The number of aliphatic hydroxyl groups excluding tert-OH is 1. The lowest BCUT2D eigenvalue weighted by Crippen LogP contribution is -2.46. The van der Waals surface area contributed by atoms with Crippen molar-refractivity contribution in [2.24, 2.45) is 15.9 Å². The molecule has 1 aromatic rings. The normalized spacial score (nSPS) is 27.8. The molecule has 1 atom stereocenters. The first kappa shape index (κ1) is 31.7. The van der Waals surface area contributed by atoms with Crippen molar-refractivity contribution in [2.75, 3.05) is 30.0 Å². The van der Waals surface area contributed by atoms with Crippen molar-refractivity contribution in [1.82, 2.24) is 9.58 Å². The number of guanidine groups is 1. The average Bonchev–Trinajstić information content (AvgIpc) is 3.28. The molecule has 0 unspecified atom stereocenters. The van der Waals surface area contributed by atoms with Gasteiger partial charge in [-0.2, -0.15) is 0 Å². The fraction of sp³-hybridized carbons (Fsp3) is 0.774. The van der Waals surface area contributed by atoms with Crippen LogP contribution < -0.4 is 5.43 Å². The highest BCUT2D eigenvalue weighted by Gasteiger charge is 2.35. The number of amides is 1. The molecule has 0 radical (unpaired) electrons. The third-order valence-corrected chi connectivity index (χ3v) is 11.1. The van der Waals surface area contributed by atoms with Gasteiger partial charge >= 0.3 is 0 Å². The van der Waals surface area contributed by atoms with Crippen LogP contribution in [0.15, 0.2) is 16.1 Å². The number of carbonyl (C=O) groups is 1. The van der Waals surface area contributed by atoms with E-state index in [1.165, 1.54) is 24.1 Å². The molecule has 41 heavy (non-hydrogen) atoms. The van der Waals surface area contributed by atoms with E-state index in [1.807, 2.05) is 0 Å². The Morgan fingerprint density at radius 3 is 2.32 bits per heavy atom. The van der Waals surface area contributed by atoms with Crippen molar-refractivity contribution in [3.63, 3.8) is 0 Å². The van der Waals surface area contributed by atoms with Crippen LogP contribution in [-0.2, 0) is 14.6 Å². The number of carbonyl (C=O) groups excluding carboxylic acids is 1. The highest BCUT2D eigenvalue weighted by molar-refractivity contribution is 7.91. The Bertz CT molecular complexity index is 1160. The number of aliphatic imine (C=N–C) groups is 2. The van der Waals surface area contributed by atoms with Crippen LogP contribution in [0.4, 0.5) is 0 Å². The third-order valence-electron chi connectivity index (χ3n) is 9.53. The SMILES string of the molecule is C=NC(=N[C@@H](C)CCCCC)Nn1c(C2CCC(O)CC2)cc(C2CCC(C(=O)N3CCS(=O)(=O)CC3)CC2)c1C. The summed E-state index contributed by atoms with van der Waals surface area (Å²) in [5, 5.41) is 10.1. The minimum atomic E-state index is -3.00. The van der Waals surface area contributed by atoms with E-state index in [9.17, 15) is 18.3 Å². The predicted molar refractivity (Wildman–Crippen MR) is 166 cm³/mol. The molecule has 1 aliphatic heterocycles. The number of aliphatic hydroxyl groups is 1.